The highest BCUT2D eigenvalue weighted by Gasteiger charge is 2.29. The van der Waals surface area contributed by atoms with Crippen LogP contribution in [-0.2, 0) is 0 Å². The van der Waals surface area contributed by atoms with E-state index < -0.39 is 6.17 Å². The number of hydrogen-bond acceptors (Lipinski definition) is 3. The molecule has 1 unspecified atom stereocenters. The molecule has 0 aromatic carbocycles. The molecule has 88 valence electrons. The molecule has 0 aliphatic carbocycles. The van der Waals surface area contributed by atoms with Gasteiger partial charge in [0.2, 0.25) is 0 Å². The first-order valence-electron chi connectivity index (χ1n) is 5.39. The number of hydrogen-bond donors (Lipinski definition) is 1. The lowest BCUT2D eigenvalue weighted by atomic mass is 10.0. The Morgan fingerprint density at radius 3 is 3.00 bits per heavy atom. The van der Waals surface area contributed by atoms with Crippen molar-refractivity contribution >= 4 is 5.69 Å². The van der Waals surface area contributed by atoms with Crippen LogP contribution < -0.4 is 11.3 Å². The summed E-state index contributed by atoms with van der Waals surface area (Å²) in [6.07, 6.45) is 1.24. The zero-order valence-corrected chi connectivity index (χ0v) is 9.27. The van der Waals surface area contributed by atoms with Gasteiger partial charge in [-0.2, -0.15) is 0 Å². The zero-order chi connectivity index (χ0) is 11.7. The van der Waals surface area contributed by atoms with Crippen molar-refractivity contribution in [1.29, 1.82) is 0 Å². The van der Waals surface area contributed by atoms with Crippen molar-refractivity contribution in [3.05, 3.63) is 28.7 Å². The third-order valence-electron chi connectivity index (χ3n) is 3.07. The molecule has 2 N–H and O–H groups in total. The molecule has 2 heterocycles. The fraction of sp³-hybridized carbons (Fsp3) is 0.545. The van der Waals surface area contributed by atoms with Crippen LogP contribution >= 0.6 is 0 Å². The Kier molecular flexibility index (Phi) is 2.96. The highest BCUT2D eigenvalue weighted by molar-refractivity contribution is 5.33. The normalized spacial score (nSPS) is 26.9. The highest BCUT2D eigenvalue weighted by Crippen LogP contribution is 2.23. The van der Waals surface area contributed by atoms with Crippen molar-refractivity contribution in [2.75, 3.05) is 25.9 Å². The minimum Gasteiger partial charge on any atom is -0.394 e. The molecule has 2 atom stereocenters. The van der Waals surface area contributed by atoms with Gasteiger partial charge >= 0.3 is 0 Å². The van der Waals surface area contributed by atoms with Gasteiger partial charge in [-0.05, 0) is 25.6 Å². The summed E-state index contributed by atoms with van der Waals surface area (Å²) in [6, 6.07) is 2.84. The van der Waals surface area contributed by atoms with E-state index in [-0.39, 0.29) is 17.3 Å². The maximum Gasteiger partial charge on any atom is 0.274 e. The average molecular weight is 225 g/mol. The molecule has 1 saturated heterocycles. The van der Waals surface area contributed by atoms with Gasteiger partial charge in [0.15, 0.2) is 0 Å². The van der Waals surface area contributed by atoms with E-state index in [2.05, 4.69) is 0 Å². The number of nitrogen functional groups attached to an aromatic ring is 1. The van der Waals surface area contributed by atoms with Crippen molar-refractivity contribution in [1.82, 2.24) is 9.47 Å². The SMILES string of the molecule is CN1CCC(n2cccc(N)c2=O)[C@H](F)C1. The summed E-state index contributed by atoms with van der Waals surface area (Å²) in [5.41, 5.74) is 5.42. The van der Waals surface area contributed by atoms with Crippen LogP contribution in [-0.4, -0.2) is 35.8 Å². The van der Waals surface area contributed by atoms with Gasteiger partial charge in [-0.25, -0.2) is 4.39 Å². The van der Waals surface area contributed by atoms with E-state index >= 15 is 0 Å². The van der Waals surface area contributed by atoms with Crippen molar-refractivity contribution in [2.24, 2.45) is 0 Å². The molecule has 1 fully saturated rings. The highest BCUT2D eigenvalue weighted by atomic mass is 19.1. The maximum atomic E-state index is 13.9. The van der Waals surface area contributed by atoms with E-state index in [0.29, 0.717) is 13.0 Å². The molecule has 1 aromatic heterocycles. The van der Waals surface area contributed by atoms with Gasteiger partial charge in [0.05, 0.1) is 11.7 Å². The Balaban J connectivity index is 2.31. The molecule has 1 aromatic rings. The minimum absolute atomic E-state index is 0.175. The number of rotatable bonds is 1. The average Bonchev–Trinajstić information content (AvgIpc) is 2.23. The van der Waals surface area contributed by atoms with E-state index in [1.165, 1.54) is 4.57 Å². The fourth-order valence-corrected chi connectivity index (χ4v) is 2.15. The molecule has 2 rings (SSSR count). The third kappa shape index (κ3) is 1.95. The Morgan fingerprint density at radius 2 is 2.31 bits per heavy atom. The quantitative estimate of drug-likeness (QED) is 0.763. The summed E-state index contributed by atoms with van der Waals surface area (Å²) in [5, 5.41) is 0. The van der Waals surface area contributed by atoms with Crippen molar-refractivity contribution in [2.45, 2.75) is 18.6 Å². The molecule has 4 nitrogen and oxygen atoms in total. The second-order valence-corrected chi connectivity index (χ2v) is 4.31. The van der Waals surface area contributed by atoms with E-state index in [1.54, 1.807) is 18.3 Å². The standard InChI is InChI=1S/C11H16FN3O/c1-14-6-4-10(8(12)7-14)15-5-2-3-9(13)11(15)16/h2-3,5,8,10H,4,6-7,13H2,1H3/t8-,10?/m1/s1. The first kappa shape index (κ1) is 11.1. The van der Waals surface area contributed by atoms with Crippen LogP contribution in [0.4, 0.5) is 10.1 Å². The molecule has 1 aliphatic rings. The van der Waals surface area contributed by atoms with Crippen molar-refractivity contribution in [3.8, 4) is 0 Å². The number of nitrogens with zero attached hydrogens (tertiary/aromatic N) is 2. The molecular formula is C11H16FN3O. The second kappa shape index (κ2) is 4.25. The van der Waals surface area contributed by atoms with E-state index in [1.807, 2.05) is 11.9 Å². The van der Waals surface area contributed by atoms with Gasteiger partial charge in [0, 0.05) is 19.3 Å². The Hall–Kier alpha value is -1.36. The zero-order valence-electron chi connectivity index (χ0n) is 9.27. The van der Waals surface area contributed by atoms with E-state index in [4.69, 9.17) is 5.73 Å². The lowest BCUT2D eigenvalue weighted by Crippen LogP contribution is -2.43. The van der Waals surface area contributed by atoms with Crippen LogP contribution in [0.5, 0.6) is 0 Å². The predicted octanol–water partition coefficient (Wildman–Crippen LogP) is 0.645. The minimum atomic E-state index is -1.02. The topological polar surface area (TPSA) is 51.3 Å². The number of likely N-dealkylation sites (tertiary alicyclic amines) is 1. The second-order valence-electron chi connectivity index (χ2n) is 4.31. The summed E-state index contributed by atoms with van der Waals surface area (Å²) in [6.45, 7) is 1.16. The molecule has 0 amide bonds. The number of alkyl halides is 1. The van der Waals surface area contributed by atoms with Gasteiger partial charge in [0.25, 0.3) is 5.56 Å². The lowest BCUT2D eigenvalue weighted by molar-refractivity contribution is 0.105. The maximum absolute atomic E-state index is 13.9. The number of piperidine rings is 1. The Bertz CT molecular complexity index is 431. The monoisotopic (exact) mass is 225 g/mol. The first-order chi connectivity index (χ1) is 7.59. The van der Waals surface area contributed by atoms with Crippen LogP contribution in [0.2, 0.25) is 0 Å². The van der Waals surface area contributed by atoms with Crippen LogP contribution in [0.3, 0.4) is 0 Å². The van der Waals surface area contributed by atoms with Crippen LogP contribution in [0, 0.1) is 0 Å². The van der Waals surface area contributed by atoms with Gasteiger partial charge in [0.1, 0.15) is 6.17 Å². The summed E-state index contributed by atoms with van der Waals surface area (Å²) in [4.78, 5) is 13.7. The molecule has 0 saturated carbocycles. The first-order valence-corrected chi connectivity index (χ1v) is 5.39. The molecule has 5 heteroatoms. The summed E-state index contributed by atoms with van der Waals surface area (Å²) < 4.78 is 15.3. The summed E-state index contributed by atoms with van der Waals surface area (Å²) >= 11 is 0. The van der Waals surface area contributed by atoms with Crippen LogP contribution in [0.1, 0.15) is 12.5 Å². The van der Waals surface area contributed by atoms with E-state index in [9.17, 15) is 9.18 Å². The predicted molar refractivity (Wildman–Crippen MR) is 61.2 cm³/mol. The smallest absolute Gasteiger partial charge is 0.274 e. The van der Waals surface area contributed by atoms with Gasteiger partial charge in [-0.15, -0.1) is 0 Å². The van der Waals surface area contributed by atoms with Gasteiger partial charge < -0.3 is 15.2 Å². The molecule has 0 radical (unpaired) electrons. The van der Waals surface area contributed by atoms with Crippen LogP contribution in [0.15, 0.2) is 23.1 Å². The van der Waals surface area contributed by atoms with E-state index in [0.717, 1.165) is 6.54 Å². The number of anilines is 1. The third-order valence-corrected chi connectivity index (χ3v) is 3.07. The number of nitrogens with two attached hydrogens (primary N) is 1. The molecule has 1 aliphatic heterocycles. The fourth-order valence-electron chi connectivity index (χ4n) is 2.15. The number of pyridine rings is 1. The van der Waals surface area contributed by atoms with Gasteiger partial charge in [-0.1, -0.05) is 0 Å². The molecule has 0 bridgehead atoms. The molecule has 16 heavy (non-hydrogen) atoms. The summed E-state index contributed by atoms with van der Waals surface area (Å²) in [7, 11) is 1.88. The molecule has 0 spiro atoms. The largest absolute Gasteiger partial charge is 0.394 e. The summed E-state index contributed by atoms with van der Waals surface area (Å²) in [5.74, 6) is 0. The number of aromatic nitrogens is 1. The number of halogens is 1. The Labute approximate surface area is 93.5 Å². The lowest BCUT2D eigenvalue weighted by Gasteiger charge is -2.33. The Morgan fingerprint density at radius 1 is 1.56 bits per heavy atom. The van der Waals surface area contributed by atoms with Gasteiger partial charge in [-0.3, -0.25) is 4.79 Å². The van der Waals surface area contributed by atoms with Crippen molar-refractivity contribution < 1.29 is 4.39 Å². The molecular weight excluding hydrogens is 209 g/mol. The van der Waals surface area contributed by atoms with Crippen molar-refractivity contribution in [3.63, 3.8) is 0 Å². The van der Waals surface area contributed by atoms with Crippen LogP contribution in [0.25, 0.3) is 0 Å².